The molecule has 108 valence electrons. The zero-order chi connectivity index (χ0) is 14.8. The molecule has 0 radical (unpaired) electrons. The first-order valence-electron chi connectivity index (χ1n) is 6.08. The largest absolute Gasteiger partial charge is 0.466 e. The summed E-state index contributed by atoms with van der Waals surface area (Å²) in [5.74, 6) is -2.05. The molecule has 0 N–H and O–H groups in total. The van der Waals surface area contributed by atoms with Crippen molar-refractivity contribution in [3.63, 3.8) is 0 Å². The number of rotatable bonds is 8. The molecular weight excluding hydrogens is 252 g/mol. The summed E-state index contributed by atoms with van der Waals surface area (Å²) >= 11 is 0. The lowest BCUT2D eigenvalue weighted by molar-refractivity contribution is -0.157. The van der Waals surface area contributed by atoms with Crippen LogP contribution < -0.4 is 0 Å². The third-order valence-electron chi connectivity index (χ3n) is 2.25. The second-order valence-corrected chi connectivity index (χ2v) is 3.77. The molecule has 6 heteroatoms. The Bertz CT molecular complexity index is 347. The Hall–Kier alpha value is -1.85. The monoisotopic (exact) mass is 272 g/mol. The fourth-order valence-corrected chi connectivity index (χ4v) is 1.36. The van der Waals surface area contributed by atoms with Gasteiger partial charge in [-0.1, -0.05) is 19.9 Å². The van der Waals surface area contributed by atoms with E-state index < -0.39 is 30.4 Å². The second-order valence-electron chi connectivity index (χ2n) is 3.77. The Morgan fingerprint density at radius 2 is 1.79 bits per heavy atom. The molecule has 0 amide bonds. The molecule has 0 aliphatic heterocycles. The first kappa shape index (κ1) is 17.2. The average Bonchev–Trinajstić information content (AvgIpc) is 2.36. The van der Waals surface area contributed by atoms with Gasteiger partial charge in [-0.2, -0.15) is 0 Å². The fraction of sp³-hybridized carbons (Fsp3) is 0.615. The number of carbonyl (C=O) groups is 3. The summed E-state index contributed by atoms with van der Waals surface area (Å²) in [5.41, 5.74) is 0.0570. The predicted octanol–water partition coefficient (Wildman–Crippen LogP) is 1.38. The van der Waals surface area contributed by atoms with E-state index in [1.807, 2.05) is 6.92 Å². The van der Waals surface area contributed by atoms with Crippen LogP contribution in [0.5, 0.6) is 0 Å². The van der Waals surface area contributed by atoms with E-state index >= 15 is 0 Å². The molecule has 1 atom stereocenters. The molecule has 0 saturated heterocycles. The number of hydrogen-bond acceptors (Lipinski definition) is 6. The highest BCUT2D eigenvalue weighted by Crippen LogP contribution is 2.14. The first-order valence-corrected chi connectivity index (χ1v) is 6.08. The molecule has 6 nitrogen and oxygen atoms in total. The van der Waals surface area contributed by atoms with Gasteiger partial charge in [-0.25, -0.2) is 4.79 Å². The minimum atomic E-state index is -0.778. The summed E-state index contributed by atoms with van der Waals surface area (Å²) in [7, 11) is 1.22. The van der Waals surface area contributed by atoms with Crippen LogP contribution in [0, 0.1) is 0 Å². The van der Waals surface area contributed by atoms with Crippen molar-refractivity contribution in [2.45, 2.75) is 39.2 Å². The van der Waals surface area contributed by atoms with Gasteiger partial charge in [0, 0.05) is 0 Å². The van der Waals surface area contributed by atoms with Gasteiger partial charge in [-0.3, -0.25) is 9.59 Å². The number of methoxy groups -OCH3 is 1. The highest BCUT2D eigenvalue weighted by molar-refractivity contribution is 5.92. The number of carbonyl (C=O) groups excluding carboxylic acids is 3. The fourth-order valence-electron chi connectivity index (χ4n) is 1.36. The Kier molecular flexibility index (Phi) is 8.24. The zero-order valence-electron chi connectivity index (χ0n) is 11.6. The van der Waals surface area contributed by atoms with Crippen LogP contribution in [0.2, 0.25) is 0 Å². The van der Waals surface area contributed by atoms with Crippen LogP contribution in [0.25, 0.3) is 0 Å². The summed E-state index contributed by atoms with van der Waals surface area (Å²) in [6, 6.07) is 0. The van der Waals surface area contributed by atoms with Gasteiger partial charge >= 0.3 is 17.9 Å². The number of esters is 3. The predicted molar refractivity (Wildman–Crippen MR) is 67.2 cm³/mol. The van der Waals surface area contributed by atoms with Crippen LogP contribution in [-0.4, -0.2) is 37.7 Å². The Labute approximate surface area is 112 Å². The molecule has 0 aromatic carbocycles. The van der Waals surface area contributed by atoms with Crippen LogP contribution in [0.1, 0.15) is 33.1 Å². The summed E-state index contributed by atoms with van der Waals surface area (Å²) in [4.78, 5) is 34.0. The average molecular weight is 272 g/mol. The standard InChI is InChI=1S/C13H20O6/c1-5-7-10(9(3)13(16)17-4)19-12(15)8-11(14)18-6-2/h10H,3,5-8H2,1-2,4H3. The van der Waals surface area contributed by atoms with E-state index in [2.05, 4.69) is 16.1 Å². The van der Waals surface area contributed by atoms with Crippen molar-refractivity contribution in [2.75, 3.05) is 13.7 Å². The van der Waals surface area contributed by atoms with Gasteiger partial charge in [0.15, 0.2) is 0 Å². The van der Waals surface area contributed by atoms with E-state index in [1.54, 1.807) is 6.92 Å². The molecule has 0 rings (SSSR count). The lowest BCUT2D eigenvalue weighted by atomic mass is 10.1. The van der Waals surface area contributed by atoms with E-state index in [1.165, 1.54) is 7.11 Å². The van der Waals surface area contributed by atoms with Crippen molar-refractivity contribution < 1.29 is 28.6 Å². The maximum Gasteiger partial charge on any atom is 0.336 e. The molecule has 0 heterocycles. The van der Waals surface area contributed by atoms with E-state index in [9.17, 15) is 14.4 Å². The van der Waals surface area contributed by atoms with E-state index in [4.69, 9.17) is 4.74 Å². The maximum absolute atomic E-state index is 11.5. The van der Waals surface area contributed by atoms with Crippen molar-refractivity contribution in [1.29, 1.82) is 0 Å². The van der Waals surface area contributed by atoms with Crippen LogP contribution in [0.3, 0.4) is 0 Å². The summed E-state index contributed by atoms with van der Waals surface area (Å²) in [6.07, 6.45) is -0.141. The molecule has 0 aliphatic rings. The van der Waals surface area contributed by atoms with Crippen molar-refractivity contribution in [1.82, 2.24) is 0 Å². The molecular formula is C13H20O6. The van der Waals surface area contributed by atoms with Crippen LogP contribution >= 0.6 is 0 Å². The molecule has 1 unspecified atom stereocenters. The molecule has 0 aromatic heterocycles. The van der Waals surface area contributed by atoms with Gasteiger partial charge in [-0.15, -0.1) is 0 Å². The number of ether oxygens (including phenoxy) is 3. The van der Waals surface area contributed by atoms with Crippen molar-refractivity contribution in [2.24, 2.45) is 0 Å². The summed E-state index contributed by atoms with van der Waals surface area (Å²) in [5, 5.41) is 0. The molecule has 19 heavy (non-hydrogen) atoms. The smallest absolute Gasteiger partial charge is 0.336 e. The summed E-state index contributed by atoms with van der Waals surface area (Å²) in [6.45, 7) is 7.25. The van der Waals surface area contributed by atoms with Crippen LogP contribution in [0.15, 0.2) is 12.2 Å². The third-order valence-corrected chi connectivity index (χ3v) is 2.25. The minimum absolute atomic E-state index is 0.0570. The van der Waals surface area contributed by atoms with Crippen molar-refractivity contribution in [3.8, 4) is 0 Å². The van der Waals surface area contributed by atoms with E-state index in [-0.39, 0.29) is 12.2 Å². The van der Waals surface area contributed by atoms with Crippen molar-refractivity contribution >= 4 is 17.9 Å². The van der Waals surface area contributed by atoms with E-state index in [0.29, 0.717) is 12.8 Å². The highest BCUT2D eigenvalue weighted by atomic mass is 16.6. The third kappa shape index (κ3) is 6.59. The van der Waals surface area contributed by atoms with Gasteiger partial charge in [0.2, 0.25) is 0 Å². The topological polar surface area (TPSA) is 78.9 Å². The molecule has 0 aromatic rings. The summed E-state index contributed by atoms with van der Waals surface area (Å²) < 4.78 is 14.2. The lowest BCUT2D eigenvalue weighted by Crippen LogP contribution is -2.26. The lowest BCUT2D eigenvalue weighted by Gasteiger charge is -2.17. The Morgan fingerprint density at radius 1 is 1.16 bits per heavy atom. The minimum Gasteiger partial charge on any atom is -0.466 e. The van der Waals surface area contributed by atoms with Gasteiger partial charge in [0.05, 0.1) is 19.3 Å². The van der Waals surface area contributed by atoms with Gasteiger partial charge in [0.1, 0.15) is 12.5 Å². The van der Waals surface area contributed by atoms with Crippen molar-refractivity contribution in [3.05, 3.63) is 12.2 Å². The highest BCUT2D eigenvalue weighted by Gasteiger charge is 2.24. The maximum atomic E-state index is 11.5. The molecule has 0 fully saturated rings. The number of hydrogen-bond donors (Lipinski definition) is 0. The quantitative estimate of drug-likeness (QED) is 0.287. The van der Waals surface area contributed by atoms with Crippen LogP contribution in [-0.2, 0) is 28.6 Å². The second kappa shape index (κ2) is 9.13. The Morgan fingerprint density at radius 3 is 2.26 bits per heavy atom. The van der Waals surface area contributed by atoms with Gasteiger partial charge in [0.25, 0.3) is 0 Å². The normalized spacial score (nSPS) is 11.3. The molecule has 0 bridgehead atoms. The molecule has 0 spiro atoms. The molecule has 0 saturated carbocycles. The van der Waals surface area contributed by atoms with Crippen LogP contribution in [0.4, 0.5) is 0 Å². The first-order chi connectivity index (χ1) is 8.96. The Balaban J connectivity index is 4.49. The van der Waals surface area contributed by atoms with Gasteiger partial charge in [-0.05, 0) is 13.3 Å². The van der Waals surface area contributed by atoms with E-state index in [0.717, 1.165) is 0 Å². The SMILES string of the molecule is C=C(C(=O)OC)C(CCC)OC(=O)CC(=O)OCC. The zero-order valence-corrected chi connectivity index (χ0v) is 11.6. The molecule has 0 aliphatic carbocycles. The van der Waals surface area contributed by atoms with Gasteiger partial charge < -0.3 is 14.2 Å².